The molecule has 0 fully saturated rings. The number of pyridine rings is 1. The molecule has 0 unspecified atom stereocenters. The first kappa shape index (κ1) is 19.3. The standard InChI is InChI=1S/C22H20N6O2/c1-15-20(16(2)28(26-15)18-7-4-3-5-8-18)21(29)22(30)24-14-17-9-10-19(23-13-17)27-12-6-11-25-27/h3-13H,14H2,1-2H3,(H,24,30). The zero-order valence-electron chi connectivity index (χ0n) is 16.6. The number of Topliss-reactive ketones (excluding diaryl/α,β-unsaturated/α-hetero) is 1. The highest BCUT2D eigenvalue weighted by Crippen LogP contribution is 2.18. The molecule has 8 heteroatoms. The molecule has 0 bridgehead atoms. The summed E-state index contributed by atoms with van der Waals surface area (Å²) in [4.78, 5) is 29.6. The van der Waals surface area contributed by atoms with Crippen molar-refractivity contribution >= 4 is 11.7 Å². The van der Waals surface area contributed by atoms with Crippen LogP contribution < -0.4 is 5.32 Å². The highest BCUT2D eigenvalue weighted by Gasteiger charge is 2.24. The lowest BCUT2D eigenvalue weighted by Crippen LogP contribution is -2.31. The number of ketones is 1. The molecule has 0 saturated carbocycles. The summed E-state index contributed by atoms with van der Waals surface area (Å²) in [5.41, 5.74) is 3.08. The molecule has 0 atom stereocenters. The van der Waals surface area contributed by atoms with Crippen molar-refractivity contribution in [3.05, 3.63) is 89.6 Å². The largest absolute Gasteiger partial charge is 0.345 e. The Labute approximate surface area is 173 Å². The smallest absolute Gasteiger partial charge is 0.292 e. The second-order valence-corrected chi connectivity index (χ2v) is 6.78. The molecule has 0 aliphatic rings. The Morgan fingerprint density at radius 2 is 1.83 bits per heavy atom. The molecule has 30 heavy (non-hydrogen) atoms. The SMILES string of the molecule is Cc1nn(-c2ccccc2)c(C)c1C(=O)C(=O)NCc1ccc(-n2cccn2)nc1. The van der Waals surface area contributed by atoms with Crippen LogP contribution in [0.5, 0.6) is 0 Å². The fourth-order valence-corrected chi connectivity index (χ4v) is 3.23. The minimum absolute atomic E-state index is 0.196. The molecule has 3 heterocycles. The summed E-state index contributed by atoms with van der Waals surface area (Å²) in [5, 5.41) is 11.2. The minimum atomic E-state index is -0.676. The van der Waals surface area contributed by atoms with Crippen molar-refractivity contribution in [2.24, 2.45) is 0 Å². The van der Waals surface area contributed by atoms with Crippen molar-refractivity contribution in [3.8, 4) is 11.5 Å². The average Bonchev–Trinajstić information content (AvgIpc) is 3.41. The second kappa shape index (κ2) is 8.12. The Hall–Kier alpha value is -4.07. The summed E-state index contributed by atoms with van der Waals surface area (Å²) < 4.78 is 3.32. The van der Waals surface area contributed by atoms with Gasteiger partial charge in [0.15, 0.2) is 5.82 Å². The van der Waals surface area contributed by atoms with Crippen molar-refractivity contribution < 1.29 is 9.59 Å². The molecule has 0 aliphatic carbocycles. The third-order valence-electron chi connectivity index (χ3n) is 4.73. The van der Waals surface area contributed by atoms with E-state index < -0.39 is 11.7 Å². The maximum Gasteiger partial charge on any atom is 0.292 e. The van der Waals surface area contributed by atoms with Crippen molar-refractivity contribution in [1.82, 2.24) is 29.9 Å². The lowest BCUT2D eigenvalue weighted by atomic mass is 10.1. The fraction of sp³-hybridized carbons (Fsp3) is 0.136. The number of benzene rings is 1. The molecule has 150 valence electrons. The van der Waals surface area contributed by atoms with Crippen LogP contribution in [0.3, 0.4) is 0 Å². The number of hydrogen-bond donors (Lipinski definition) is 1. The molecule has 4 aromatic rings. The van der Waals surface area contributed by atoms with Crippen LogP contribution in [0.15, 0.2) is 67.1 Å². The Kier molecular flexibility index (Phi) is 5.21. The number of nitrogens with zero attached hydrogens (tertiary/aromatic N) is 5. The molecule has 1 N–H and O–H groups in total. The summed E-state index contributed by atoms with van der Waals surface area (Å²) in [6, 6.07) is 14.9. The molecular weight excluding hydrogens is 380 g/mol. The van der Waals surface area contributed by atoms with Crippen LogP contribution in [0.4, 0.5) is 0 Å². The van der Waals surface area contributed by atoms with Crippen LogP contribution in [0.2, 0.25) is 0 Å². The summed E-state index contributed by atoms with van der Waals surface area (Å²) in [7, 11) is 0. The number of hydrogen-bond acceptors (Lipinski definition) is 5. The molecule has 4 rings (SSSR count). The number of para-hydroxylation sites is 1. The van der Waals surface area contributed by atoms with Gasteiger partial charge < -0.3 is 5.32 Å². The van der Waals surface area contributed by atoms with Gasteiger partial charge in [-0.05, 0) is 43.7 Å². The van der Waals surface area contributed by atoms with Gasteiger partial charge in [0, 0.05) is 25.1 Å². The maximum atomic E-state index is 12.8. The molecule has 1 amide bonds. The van der Waals surface area contributed by atoms with Crippen molar-refractivity contribution in [2.75, 3.05) is 0 Å². The Morgan fingerprint density at radius 1 is 1.03 bits per heavy atom. The lowest BCUT2D eigenvalue weighted by Gasteiger charge is -2.07. The molecule has 0 spiro atoms. The predicted molar refractivity (Wildman–Crippen MR) is 111 cm³/mol. The third kappa shape index (κ3) is 3.75. The first-order chi connectivity index (χ1) is 14.5. The quantitative estimate of drug-likeness (QED) is 0.396. The van der Waals surface area contributed by atoms with Gasteiger partial charge >= 0.3 is 0 Å². The van der Waals surface area contributed by atoms with E-state index in [9.17, 15) is 9.59 Å². The van der Waals surface area contributed by atoms with E-state index in [1.54, 1.807) is 47.9 Å². The molecular formula is C22H20N6O2. The Balaban J connectivity index is 1.45. The maximum absolute atomic E-state index is 12.8. The van der Waals surface area contributed by atoms with E-state index in [1.807, 2.05) is 42.5 Å². The van der Waals surface area contributed by atoms with Gasteiger partial charge in [0.1, 0.15) is 0 Å². The highest BCUT2D eigenvalue weighted by atomic mass is 16.2. The van der Waals surface area contributed by atoms with Gasteiger partial charge in [-0.2, -0.15) is 10.2 Å². The summed E-state index contributed by atoms with van der Waals surface area (Å²) in [5.74, 6) is -0.607. The van der Waals surface area contributed by atoms with Crippen molar-refractivity contribution in [3.63, 3.8) is 0 Å². The number of amides is 1. The molecule has 0 aliphatic heterocycles. The average molecular weight is 400 g/mol. The van der Waals surface area contributed by atoms with E-state index in [2.05, 4.69) is 20.5 Å². The summed E-state index contributed by atoms with van der Waals surface area (Å²) >= 11 is 0. The topological polar surface area (TPSA) is 94.7 Å². The van der Waals surface area contributed by atoms with E-state index >= 15 is 0 Å². The van der Waals surface area contributed by atoms with Crippen molar-refractivity contribution in [1.29, 1.82) is 0 Å². The monoisotopic (exact) mass is 400 g/mol. The van der Waals surface area contributed by atoms with E-state index in [0.717, 1.165) is 11.3 Å². The zero-order chi connectivity index (χ0) is 21.1. The van der Waals surface area contributed by atoms with Crippen molar-refractivity contribution in [2.45, 2.75) is 20.4 Å². The molecule has 8 nitrogen and oxygen atoms in total. The van der Waals surface area contributed by atoms with Gasteiger partial charge in [0.2, 0.25) is 0 Å². The van der Waals surface area contributed by atoms with Gasteiger partial charge in [0.25, 0.3) is 11.7 Å². The summed E-state index contributed by atoms with van der Waals surface area (Å²) in [6.07, 6.45) is 5.11. The van der Waals surface area contributed by atoms with Gasteiger partial charge in [-0.25, -0.2) is 14.3 Å². The Bertz CT molecular complexity index is 1180. The lowest BCUT2D eigenvalue weighted by molar-refractivity contribution is -0.117. The predicted octanol–water partition coefficient (Wildman–Crippen LogP) is 2.57. The van der Waals surface area contributed by atoms with Gasteiger partial charge in [0.05, 0.1) is 22.6 Å². The van der Waals surface area contributed by atoms with E-state index in [0.29, 0.717) is 22.8 Å². The van der Waals surface area contributed by atoms with E-state index in [1.165, 1.54) is 0 Å². The van der Waals surface area contributed by atoms with Crippen LogP contribution >= 0.6 is 0 Å². The minimum Gasteiger partial charge on any atom is -0.345 e. The number of nitrogens with one attached hydrogen (secondary N) is 1. The van der Waals surface area contributed by atoms with Gasteiger partial charge in [-0.3, -0.25) is 9.59 Å². The van der Waals surface area contributed by atoms with E-state index in [-0.39, 0.29) is 6.54 Å². The Morgan fingerprint density at radius 3 is 2.50 bits per heavy atom. The second-order valence-electron chi connectivity index (χ2n) is 6.78. The van der Waals surface area contributed by atoms with Crippen LogP contribution in [-0.4, -0.2) is 36.2 Å². The van der Waals surface area contributed by atoms with Crippen LogP contribution in [0.1, 0.15) is 27.3 Å². The van der Waals surface area contributed by atoms with Crippen LogP contribution in [0.25, 0.3) is 11.5 Å². The van der Waals surface area contributed by atoms with Crippen LogP contribution in [0, 0.1) is 13.8 Å². The van der Waals surface area contributed by atoms with Gasteiger partial charge in [-0.1, -0.05) is 24.3 Å². The highest BCUT2D eigenvalue weighted by molar-refractivity contribution is 6.43. The molecule has 0 radical (unpaired) electrons. The molecule has 3 aromatic heterocycles. The fourth-order valence-electron chi connectivity index (χ4n) is 3.23. The zero-order valence-corrected chi connectivity index (χ0v) is 16.6. The molecule has 1 aromatic carbocycles. The number of carbonyl (C=O) groups is 2. The van der Waals surface area contributed by atoms with E-state index in [4.69, 9.17) is 0 Å². The third-order valence-corrected chi connectivity index (χ3v) is 4.73. The molecule has 0 saturated heterocycles. The number of rotatable bonds is 6. The number of aryl methyl sites for hydroxylation is 1. The number of aromatic nitrogens is 5. The first-order valence-electron chi connectivity index (χ1n) is 9.43. The van der Waals surface area contributed by atoms with Crippen LogP contribution in [-0.2, 0) is 11.3 Å². The first-order valence-corrected chi connectivity index (χ1v) is 9.43. The normalized spacial score (nSPS) is 10.7. The summed E-state index contributed by atoms with van der Waals surface area (Å²) in [6.45, 7) is 3.71. The number of carbonyl (C=O) groups excluding carboxylic acids is 2. The van der Waals surface area contributed by atoms with Gasteiger partial charge in [-0.15, -0.1) is 0 Å².